The summed E-state index contributed by atoms with van der Waals surface area (Å²) in [6.45, 7) is 6.07. The first-order valence-electron chi connectivity index (χ1n) is 10.6. The fourth-order valence-corrected chi connectivity index (χ4v) is 3.57. The predicted octanol–water partition coefficient (Wildman–Crippen LogP) is 4.07. The molecule has 2 N–H and O–H groups in total. The summed E-state index contributed by atoms with van der Waals surface area (Å²) < 4.78 is 7.66. The number of oxazole rings is 1. The first-order valence-corrected chi connectivity index (χ1v) is 10.6. The lowest BCUT2D eigenvalue weighted by Gasteiger charge is -2.11. The Morgan fingerprint density at radius 2 is 1.66 bits per heavy atom. The van der Waals surface area contributed by atoms with Crippen molar-refractivity contribution in [1.29, 1.82) is 0 Å². The highest BCUT2D eigenvalue weighted by Gasteiger charge is 2.13. The van der Waals surface area contributed by atoms with Crippen LogP contribution in [0.25, 0.3) is 11.5 Å². The van der Waals surface area contributed by atoms with Crippen LogP contribution in [0.15, 0.2) is 76.3 Å². The fraction of sp³-hybridized carbons (Fsp3) is 0.240. The molecule has 0 aliphatic heterocycles. The maximum Gasteiger partial charge on any atom is 0.226 e. The molecule has 0 saturated carbocycles. The second-order valence-corrected chi connectivity index (χ2v) is 7.58. The number of aryl methyl sites for hydroxylation is 1. The van der Waals surface area contributed by atoms with Crippen molar-refractivity contribution in [3.05, 3.63) is 95.1 Å². The summed E-state index contributed by atoms with van der Waals surface area (Å²) in [4.78, 5) is 8.88. The van der Waals surface area contributed by atoms with Crippen molar-refractivity contribution in [2.75, 3.05) is 7.05 Å². The molecule has 0 amide bonds. The number of nitrogens with zero attached hydrogens (tertiary/aromatic N) is 4. The number of aliphatic imine (C=N–C) groups is 1. The van der Waals surface area contributed by atoms with Crippen LogP contribution in [0.1, 0.15) is 28.2 Å². The fourth-order valence-electron chi connectivity index (χ4n) is 3.57. The van der Waals surface area contributed by atoms with Crippen LogP contribution in [0, 0.1) is 13.8 Å². The van der Waals surface area contributed by atoms with E-state index < -0.39 is 0 Å². The van der Waals surface area contributed by atoms with Crippen LogP contribution in [0.2, 0.25) is 0 Å². The van der Waals surface area contributed by atoms with Gasteiger partial charge in [-0.15, -0.1) is 0 Å². The highest BCUT2D eigenvalue weighted by atomic mass is 16.3. The molecule has 0 spiro atoms. The Morgan fingerprint density at radius 1 is 0.969 bits per heavy atom. The summed E-state index contributed by atoms with van der Waals surface area (Å²) in [5.41, 5.74) is 6.35. The van der Waals surface area contributed by atoms with E-state index in [-0.39, 0.29) is 0 Å². The lowest BCUT2D eigenvalue weighted by molar-refractivity contribution is 0.572. The van der Waals surface area contributed by atoms with Crippen molar-refractivity contribution in [1.82, 2.24) is 25.4 Å². The van der Waals surface area contributed by atoms with E-state index in [1.165, 1.54) is 11.1 Å². The summed E-state index contributed by atoms with van der Waals surface area (Å²) >= 11 is 0. The van der Waals surface area contributed by atoms with Gasteiger partial charge in [0.1, 0.15) is 6.26 Å². The monoisotopic (exact) mass is 428 g/mol. The smallest absolute Gasteiger partial charge is 0.226 e. The Hall–Kier alpha value is -3.87. The van der Waals surface area contributed by atoms with Crippen LogP contribution in [-0.4, -0.2) is 27.8 Å². The minimum atomic E-state index is 0.515. The number of rotatable bonds is 7. The van der Waals surface area contributed by atoms with Crippen LogP contribution in [0.4, 0.5) is 0 Å². The number of nitrogens with one attached hydrogen (secondary N) is 2. The van der Waals surface area contributed by atoms with Crippen molar-refractivity contribution in [2.45, 2.75) is 33.5 Å². The number of benzene rings is 2. The molecule has 2 aromatic heterocycles. The van der Waals surface area contributed by atoms with E-state index in [0.29, 0.717) is 24.9 Å². The molecule has 0 fully saturated rings. The van der Waals surface area contributed by atoms with E-state index in [9.17, 15) is 0 Å². The molecule has 0 atom stereocenters. The summed E-state index contributed by atoms with van der Waals surface area (Å²) in [7, 11) is 1.76. The summed E-state index contributed by atoms with van der Waals surface area (Å²) in [5, 5.41) is 11.4. The topological polar surface area (TPSA) is 80.3 Å². The van der Waals surface area contributed by atoms with E-state index in [4.69, 9.17) is 9.52 Å². The average Bonchev–Trinajstić information content (AvgIpc) is 3.40. The second-order valence-electron chi connectivity index (χ2n) is 7.58. The van der Waals surface area contributed by atoms with E-state index in [1.807, 2.05) is 43.3 Å². The zero-order valence-electron chi connectivity index (χ0n) is 18.7. The van der Waals surface area contributed by atoms with Gasteiger partial charge in [-0.25, -0.2) is 4.98 Å². The zero-order valence-corrected chi connectivity index (χ0v) is 18.7. The summed E-state index contributed by atoms with van der Waals surface area (Å²) in [5.74, 6) is 1.31. The van der Waals surface area contributed by atoms with Gasteiger partial charge < -0.3 is 15.1 Å². The Labute approximate surface area is 188 Å². The summed E-state index contributed by atoms with van der Waals surface area (Å²) in [6.07, 6.45) is 1.67. The van der Waals surface area contributed by atoms with Gasteiger partial charge in [-0.3, -0.25) is 9.67 Å². The van der Waals surface area contributed by atoms with Crippen molar-refractivity contribution in [2.24, 2.45) is 4.99 Å². The lowest BCUT2D eigenvalue weighted by Crippen LogP contribution is -2.36. The minimum absolute atomic E-state index is 0.515. The Morgan fingerprint density at radius 3 is 2.38 bits per heavy atom. The standard InChI is InChI=1S/C25H28N6O/c1-18-23(19(2)31(30-18)16-20-10-6-4-7-11-20)15-28-25(26-3)27-14-22-17-32-24(29-22)21-12-8-5-9-13-21/h4-13,17H,14-16H2,1-3H3,(H2,26,27,28). The van der Waals surface area contributed by atoms with Gasteiger partial charge in [-0.2, -0.15) is 5.10 Å². The quantitative estimate of drug-likeness (QED) is 0.343. The molecule has 4 aromatic rings. The Bertz CT molecular complexity index is 1180. The van der Waals surface area contributed by atoms with Gasteiger partial charge in [0.2, 0.25) is 5.89 Å². The van der Waals surface area contributed by atoms with Crippen molar-refractivity contribution in [3.8, 4) is 11.5 Å². The molecule has 2 heterocycles. The molecule has 2 aromatic carbocycles. The van der Waals surface area contributed by atoms with Crippen LogP contribution in [0.3, 0.4) is 0 Å². The largest absolute Gasteiger partial charge is 0.444 e. The number of aromatic nitrogens is 3. The summed E-state index contributed by atoms with van der Waals surface area (Å²) in [6, 6.07) is 20.2. The number of guanidine groups is 1. The Kier molecular flexibility index (Phi) is 6.65. The molecule has 0 saturated heterocycles. The van der Waals surface area contributed by atoms with Gasteiger partial charge >= 0.3 is 0 Å². The molecule has 0 unspecified atom stereocenters. The van der Waals surface area contributed by atoms with Crippen LogP contribution in [0.5, 0.6) is 0 Å². The molecule has 7 nitrogen and oxygen atoms in total. The molecule has 0 aliphatic carbocycles. The minimum Gasteiger partial charge on any atom is -0.444 e. The highest BCUT2D eigenvalue weighted by Crippen LogP contribution is 2.18. The van der Waals surface area contributed by atoms with Crippen LogP contribution >= 0.6 is 0 Å². The highest BCUT2D eigenvalue weighted by molar-refractivity contribution is 5.79. The number of hydrogen-bond donors (Lipinski definition) is 2. The molecule has 164 valence electrons. The lowest BCUT2D eigenvalue weighted by atomic mass is 10.2. The third kappa shape index (κ3) is 5.06. The third-order valence-electron chi connectivity index (χ3n) is 5.37. The molecule has 0 bridgehead atoms. The van der Waals surface area contributed by atoms with Gasteiger partial charge in [0.05, 0.1) is 24.5 Å². The van der Waals surface area contributed by atoms with Gasteiger partial charge in [0.15, 0.2) is 5.96 Å². The van der Waals surface area contributed by atoms with Crippen LogP contribution < -0.4 is 10.6 Å². The van der Waals surface area contributed by atoms with Gasteiger partial charge in [0.25, 0.3) is 0 Å². The normalized spacial score (nSPS) is 11.5. The maximum absolute atomic E-state index is 5.61. The van der Waals surface area contributed by atoms with E-state index in [2.05, 4.69) is 56.5 Å². The molecule has 0 aliphatic rings. The van der Waals surface area contributed by atoms with Gasteiger partial charge in [-0.05, 0) is 31.5 Å². The van der Waals surface area contributed by atoms with Gasteiger partial charge in [0, 0.05) is 30.4 Å². The van der Waals surface area contributed by atoms with Crippen molar-refractivity contribution in [3.63, 3.8) is 0 Å². The van der Waals surface area contributed by atoms with E-state index in [1.54, 1.807) is 13.3 Å². The Balaban J connectivity index is 1.34. The molecular weight excluding hydrogens is 400 g/mol. The first-order chi connectivity index (χ1) is 15.6. The zero-order chi connectivity index (χ0) is 22.3. The predicted molar refractivity (Wildman–Crippen MR) is 126 cm³/mol. The van der Waals surface area contributed by atoms with E-state index >= 15 is 0 Å². The molecular formula is C25H28N6O. The molecule has 4 rings (SSSR count). The second kappa shape index (κ2) is 9.96. The van der Waals surface area contributed by atoms with Crippen LogP contribution in [-0.2, 0) is 19.6 Å². The molecule has 32 heavy (non-hydrogen) atoms. The third-order valence-corrected chi connectivity index (χ3v) is 5.37. The van der Waals surface area contributed by atoms with Gasteiger partial charge in [-0.1, -0.05) is 48.5 Å². The van der Waals surface area contributed by atoms with E-state index in [0.717, 1.165) is 29.2 Å². The number of hydrogen-bond acceptors (Lipinski definition) is 4. The SMILES string of the molecule is CN=C(NCc1coc(-c2ccccc2)n1)NCc1c(C)nn(Cc2ccccc2)c1C. The maximum atomic E-state index is 5.61. The molecule has 7 heteroatoms. The molecule has 0 radical (unpaired) electrons. The van der Waals surface area contributed by atoms with Crippen molar-refractivity contribution < 1.29 is 4.42 Å². The first kappa shape index (κ1) is 21.4. The average molecular weight is 429 g/mol. The van der Waals surface area contributed by atoms with Crippen molar-refractivity contribution >= 4 is 5.96 Å².